The number of hydrogen-bond donors (Lipinski definition) is 2. The summed E-state index contributed by atoms with van der Waals surface area (Å²) < 4.78 is 0. The van der Waals surface area contributed by atoms with Crippen LogP contribution < -0.4 is 11.1 Å². The molecular formula is C17H27N3. The molecule has 3 nitrogen and oxygen atoms in total. The molecule has 0 aromatic rings. The van der Waals surface area contributed by atoms with Crippen molar-refractivity contribution >= 4 is 0 Å². The van der Waals surface area contributed by atoms with Gasteiger partial charge in [-0.2, -0.15) is 5.26 Å². The van der Waals surface area contributed by atoms with Crippen LogP contribution in [0.2, 0.25) is 0 Å². The summed E-state index contributed by atoms with van der Waals surface area (Å²) in [5.74, 6) is 4.15. The highest BCUT2D eigenvalue weighted by Gasteiger charge is 2.49. The summed E-state index contributed by atoms with van der Waals surface area (Å²) in [6.45, 7) is 4.80. The van der Waals surface area contributed by atoms with Gasteiger partial charge >= 0.3 is 0 Å². The molecule has 0 aliphatic heterocycles. The average Bonchev–Trinajstić information content (AvgIpc) is 2.33. The van der Waals surface area contributed by atoms with Crippen molar-refractivity contribution < 1.29 is 0 Å². The third-order valence-corrected chi connectivity index (χ3v) is 5.55. The summed E-state index contributed by atoms with van der Waals surface area (Å²) in [4.78, 5) is 0. The van der Waals surface area contributed by atoms with E-state index in [1.807, 2.05) is 13.8 Å². The zero-order valence-corrected chi connectivity index (χ0v) is 12.7. The molecule has 110 valence electrons. The van der Waals surface area contributed by atoms with Crippen LogP contribution in [0.1, 0.15) is 46.0 Å². The van der Waals surface area contributed by atoms with Crippen LogP contribution in [0.3, 0.4) is 0 Å². The van der Waals surface area contributed by atoms with E-state index in [1.54, 1.807) is 6.08 Å². The molecule has 3 heteroatoms. The van der Waals surface area contributed by atoms with Gasteiger partial charge in [0.05, 0.1) is 6.07 Å². The molecule has 0 unspecified atom stereocenters. The molecule has 4 bridgehead atoms. The smallest absolute Gasteiger partial charge is 0.0930 e. The standard InChI is InChI=1S/C17H27N3/c1-17(2,19)10-20-15(3-4-18)16-13-6-11-5-12(8-13)9-14(16)7-11/h3,11-14,16,20H,5-10,19H2,1-2H3/b15-3+. The van der Waals surface area contributed by atoms with Gasteiger partial charge in [-0.1, -0.05) is 0 Å². The number of nitrogens with one attached hydrogen (secondary N) is 1. The molecule has 4 aliphatic rings. The van der Waals surface area contributed by atoms with Crippen LogP contribution in [0.25, 0.3) is 0 Å². The van der Waals surface area contributed by atoms with E-state index in [0.717, 1.165) is 30.2 Å². The Kier molecular flexibility index (Phi) is 3.54. The molecular weight excluding hydrogens is 246 g/mol. The van der Waals surface area contributed by atoms with Gasteiger partial charge < -0.3 is 11.1 Å². The summed E-state index contributed by atoms with van der Waals surface area (Å²) >= 11 is 0. The van der Waals surface area contributed by atoms with E-state index >= 15 is 0 Å². The number of nitrogens with zero attached hydrogens (tertiary/aromatic N) is 1. The molecule has 0 radical (unpaired) electrons. The van der Waals surface area contributed by atoms with Crippen LogP contribution in [0.4, 0.5) is 0 Å². The molecule has 4 rings (SSSR count). The maximum absolute atomic E-state index is 9.12. The maximum atomic E-state index is 9.12. The van der Waals surface area contributed by atoms with Crippen molar-refractivity contribution in [2.45, 2.75) is 51.5 Å². The molecule has 0 aromatic heterocycles. The average molecular weight is 273 g/mol. The summed E-state index contributed by atoms with van der Waals surface area (Å²) in [5.41, 5.74) is 7.01. The summed E-state index contributed by atoms with van der Waals surface area (Å²) in [5, 5.41) is 12.6. The van der Waals surface area contributed by atoms with Crippen LogP contribution in [0.15, 0.2) is 11.8 Å². The molecule has 0 amide bonds. The second-order valence-electron chi connectivity index (χ2n) is 8.03. The molecule has 4 saturated carbocycles. The third-order valence-electron chi connectivity index (χ3n) is 5.55. The fourth-order valence-electron chi connectivity index (χ4n) is 5.10. The summed E-state index contributed by atoms with van der Waals surface area (Å²) in [7, 11) is 0. The molecule has 4 aliphatic carbocycles. The fraction of sp³-hybridized carbons (Fsp3) is 0.824. The number of allylic oxidation sites excluding steroid dienone is 2. The maximum Gasteiger partial charge on any atom is 0.0930 e. The Labute approximate surface area is 122 Å². The number of nitriles is 1. The molecule has 0 spiro atoms. The van der Waals surface area contributed by atoms with Crippen molar-refractivity contribution in [1.29, 1.82) is 5.26 Å². The van der Waals surface area contributed by atoms with Gasteiger partial charge in [-0.25, -0.2) is 0 Å². The van der Waals surface area contributed by atoms with Gasteiger partial charge in [0.1, 0.15) is 0 Å². The minimum atomic E-state index is -0.236. The lowest BCUT2D eigenvalue weighted by Gasteiger charge is -2.55. The highest BCUT2D eigenvalue weighted by molar-refractivity contribution is 5.20. The van der Waals surface area contributed by atoms with Gasteiger partial charge in [0.25, 0.3) is 0 Å². The van der Waals surface area contributed by atoms with Crippen molar-refractivity contribution in [2.24, 2.45) is 35.3 Å². The van der Waals surface area contributed by atoms with Crippen LogP contribution in [0.5, 0.6) is 0 Å². The first-order chi connectivity index (χ1) is 9.46. The van der Waals surface area contributed by atoms with Crippen molar-refractivity contribution in [1.82, 2.24) is 5.32 Å². The van der Waals surface area contributed by atoms with E-state index in [2.05, 4.69) is 11.4 Å². The van der Waals surface area contributed by atoms with Gasteiger partial charge in [-0.05, 0) is 69.6 Å². The quantitative estimate of drug-likeness (QED) is 0.774. The second-order valence-corrected chi connectivity index (χ2v) is 8.03. The van der Waals surface area contributed by atoms with Gasteiger partial charge in [-0.3, -0.25) is 0 Å². The third kappa shape index (κ3) is 2.72. The highest BCUT2D eigenvalue weighted by atomic mass is 14.9. The Morgan fingerprint density at radius 2 is 1.75 bits per heavy atom. The van der Waals surface area contributed by atoms with E-state index < -0.39 is 0 Å². The topological polar surface area (TPSA) is 61.8 Å². The van der Waals surface area contributed by atoms with Crippen molar-refractivity contribution in [3.8, 4) is 6.07 Å². The largest absolute Gasteiger partial charge is 0.386 e. The Morgan fingerprint density at radius 3 is 2.20 bits per heavy atom. The van der Waals surface area contributed by atoms with E-state index in [4.69, 9.17) is 11.0 Å². The Morgan fingerprint density at radius 1 is 1.20 bits per heavy atom. The first kappa shape index (κ1) is 13.9. The molecule has 0 aromatic carbocycles. The van der Waals surface area contributed by atoms with Crippen LogP contribution >= 0.6 is 0 Å². The SMILES string of the molecule is CC(C)(N)CN/C(=C/C#N)C1C2CC3CC(C2)CC1C3. The van der Waals surface area contributed by atoms with E-state index in [9.17, 15) is 0 Å². The Hall–Kier alpha value is -1.01. The van der Waals surface area contributed by atoms with Gasteiger partial charge in [-0.15, -0.1) is 0 Å². The van der Waals surface area contributed by atoms with Crippen LogP contribution in [-0.2, 0) is 0 Å². The van der Waals surface area contributed by atoms with E-state index in [-0.39, 0.29) is 5.54 Å². The minimum absolute atomic E-state index is 0.236. The zero-order chi connectivity index (χ0) is 14.3. The Bertz CT molecular complexity index is 410. The van der Waals surface area contributed by atoms with Gasteiger partial charge in [0, 0.05) is 29.8 Å². The first-order valence-corrected chi connectivity index (χ1v) is 8.08. The first-order valence-electron chi connectivity index (χ1n) is 8.08. The summed E-state index contributed by atoms with van der Waals surface area (Å²) in [6.07, 6.45) is 8.75. The van der Waals surface area contributed by atoms with E-state index in [0.29, 0.717) is 5.92 Å². The molecule has 0 saturated heterocycles. The lowest BCUT2D eigenvalue weighted by molar-refractivity contribution is -0.0233. The predicted octanol–water partition coefficient (Wildman–Crippen LogP) is 2.79. The van der Waals surface area contributed by atoms with Crippen LogP contribution in [-0.4, -0.2) is 12.1 Å². The highest BCUT2D eigenvalue weighted by Crippen LogP contribution is 2.57. The zero-order valence-electron chi connectivity index (χ0n) is 12.7. The monoisotopic (exact) mass is 273 g/mol. The predicted molar refractivity (Wildman–Crippen MR) is 80.5 cm³/mol. The van der Waals surface area contributed by atoms with Crippen molar-refractivity contribution in [3.63, 3.8) is 0 Å². The Balaban J connectivity index is 1.75. The second kappa shape index (κ2) is 5.07. The lowest BCUT2D eigenvalue weighted by atomic mass is 9.51. The number of nitrogens with two attached hydrogens (primary N) is 1. The molecule has 4 fully saturated rings. The van der Waals surface area contributed by atoms with Crippen molar-refractivity contribution in [2.75, 3.05) is 6.54 Å². The number of hydrogen-bond acceptors (Lipinski definition) is 3. The molecule has 20 heavy (non-hydrogen) atoms. The summed E-state index contributed by atoms with van der Waals surface area (Å²) in [6, 6.07) is 2.25. The normalized spacial score (nSPS) is 39.7. The van der Waals surface area contributed by atoms with E-state index in [1.165, 1.54) is 37.8 Å². The fourth-order valence-corrected chi connectivity index (χ4v) is 5.10. The van der Waals surface area contributed by atoms with Crippen molar-refractivity contribution in [3.05, 3.63) is 11.8 Å². The molecule has 0 atom stereocenters. The van der Waals surface area contributed by atoms with Gasteiger partial charge in [0.2, 0.25) is 0 Å². The minimum Gasteiger partial charge on any atom is -0.386 e. The number of rotatable bonds is 4. The van der Waals surface area contributed by atoms with Gasteiger partial charge in [0.15, 0.2) is 0 Å². The lowest BCUT2D eigenvalue weighted by Crippen LogP contribution is -2.49. The molecule has 3 N–H and O–H groups in total. The van der Waals surface area contributed by atoms with Crippen LogP contribution in [0, 0.1) is 40.9 Å². The molecule has 0 heterocycles.